The highest BCUT2D eigenvalue weighted by atomic mass is 16.5. The summed E-state index contributed by atoms with van der Waals surface area (Å²) < 4.78 is 5.11. The Hall–Kier alpha value is -2.75. The van der Waals surface area contributed by atoms with Crippen molar-refractivity contribution in [3.05, 3.63) is 66.0 Å². The second kappa shape index (κ2) is 7.75. The van der Waals surface area contributed by atoms with Crippen LogP contribution in [-0.4, -0.2) is 24.0 Å². The van der Waals surface area contributed by atoms with Crippen molar-refractivity contribution < 1.29 is 4.74 Å². The summed E-state index contributed by atoms with van der Waals surface area (Å²) in [5, 5.41) is 8.11. The van der Waals surface area contributed by atoms with Crippen molar-refractivity contribution in [2.45, 2.75) is 6.92 Å². The van der Waals surface area contributed by atoms with Crippen LogP contribution in [0.2, 0.25) is 0 Å². The minimum Gasteiger partial charge on any atom is -0.497 e. The van der Waals surface area contributed by atoms with E-state index < -0.39 is 0 Å². The molecule has 0 aliphatic heterocycles. The molecule has 0 fully saturated rings. The van der Waals surface area contributed by atoms with Crippen LogP contribution in [0, 0.1) is 0 Å². The third-order valence-corrected chi connectivity index (χ3v) is 2.80. The number of methoxy groups -OCH3 is 1. The van der Waals surface area contributed by atoms with Crippen molar-refractivity contribution in [1.29, 1.82) is 0 Å². The molecule has 4 nitrogen and oxygen atoms in total. The molecule has 0 radical (unpaired) electrons. The molecule has 0 bridgehead atoms. The van der Waals surface area contributed by atoms with Crippen molar-refractivity contribution in [2.75, 3.05) is 7.11 Å². The number of hydrogen-bond donors (Lipinski definition) is 0. The van der Waals surface area contributed by atoms with E-state index >= 15 is 0 Å². The normalized spacial score (nSPS) is 12.2. The van der Waals surface area contributed by atoms with E-state index in [4.69, 9.17) is 4.74 Å². The fourth-order valence-electron chi connectivity index (χ4n) is 1.66. The topological polar surface area (TPSA) is 46.8 Å². The summed E-state index contributed by atoms with van der Waals surface area (Å²) in [5.74, 6) is 0.844. The largest absolute Gasteiger partial charge is 0.497 e. The van der Waals surface area contributed by atoms with Gasteiger partial charge in [-0.3, -0.25) is 4.98 Å². The van der Waals surface area contributed by atoms with Crippen molar-refractivity contribution in [3.63, 3.8) is 0 Å². The predicted molar refractivity (Wildman–Crippen MR) is 87.0 cm³/mol. The minimum absolute atomic E-state index is 0.782. The van der Waals surface area contributed by atoms with Crippen LogP contribution in [0.1, 0.15) is 18.2 Å². The van der Waals surface area contributed by atoms with Crippen LogP contribution in [0.25, 0.3) is 6.08 Å². The first-order chi connectivity index (χ1) is 10.3. The number of allylic oxidation sites excluding steroid dienone is 1. The van der Waals surface area contributed by atoms with E-state index in [9.17, 15) is 0 Å². The second-order valence-corrected chi connectivity index (χ2v) is 4.30. The summed E-state index contributed by atoms with van der Waals surface area (Å²) in [4.78, 5) is 4.21. The van der Waals surface area contributed by atoms with E-state index in [0.29, 0.717) is 0 Å². The Morgan fingerprint density at radius 1 is 1.14 bits per heavy atom. The lowest BCUT2D eigenvalue weighted by atomic mass is 10.2. The van der Waals surface area contributed by atoms with Gasteiger partial charge in [-0.05, 0) is 42.8 Å². The first-order valence-corrected chi connectivity index (χ1v) is 6.59. The molecule has 2 aromatic rings. The molecule has 106 valence electrons. The lowest BCUT2D eigenvalue weighted by molar-refractivity contribution is 0.415. The van der Waals surface area contributed by atoms with E-state index in [1.54, 1.807) is 19.5 Å². The molecule has 0 atom stereocenters. The van der Waals surface area contributed by atoms with Gasteiger partial charge in [-0.25, -0.2) is 0 Å². The standard InChI is InChI=1S/C17H17N3O/c1-14(17-7-3-4-12-18-17)20-19-13-5-6-15-8-10-16(21-2)11-9-15/h3-13H,1-2H3/b6-5+,19-13+,20-14+. The fourth-order valence-corrected chi connectivity index (χ4v) is 1.66. The van der Waals surface area contributed by atoms with Crippen molar-refractivity contribution >= 4 is 18.0 Å². The van der Waals surface area contributed by atoms with Gasteiger partial charge in [-0.1, -0.05) is 24.3 Å². The molecule has 0 amide bonds. The minimum atomic E-state index is 0.782. The smallest absolute Gasteiger partial charge is 0.118 e. The first-order valence-electron chi connectivity index (χ1n) is 6.59. The van der Waals surface area contributed by atoms with Crippen molar-refractivity contribution in [1.82, 2.24) is 4.98 Å². The fraction of sp³-hybridized carbons (Fsp3) is 0.118. The SMILES string of the molecule is COc1ccc(/C=C/C=N/N=C(\C)c2ccccn2)cc1. The van der Waals surface area contributed by atoms with Crippen LogP contribution in [0.15, 0.2) is 64.9 Å². The summed E-state index contributed by atoms with van der Waals surface area (Å²) in [6.07, 6.45) is 7.18. The van der Waals surface area contributed by atoms with Gasteiger partial charge in [-0.2, -0.15) is 10.2 Å². The maximum Gasteiger partial charge on any atom is 0.118 e. The van der Waals surface area contributed by atoms with Gasteiger partial charge in [0.1, 0.15) is 5.75 Å². The predicted octanol–water partition coefficient (Wildman–Crippen LogP) is 3.60. The molecular weight excluding hydrogens is 262 g/mol. The Morgan fingerprint density at radius 3 is 2.62 bits per heavy atom. The molecule has 0 saturated heterocycles. The van der Waals surface area contributed by atoms with Crippen LogP contribution in [-0.2, 0) is 0 Å². The summed E-state index contributed by atoms with van der Waals surface area (Å²) in [6, 6.07) is 13.5. The molecule has 1 aromatic heterocycles. The van der Waals surface area contributed by atoms with Gasteiger partial charge in [0.25, 0.3) is 0 Å². The zero-order chi connectivity index (χ0) is 14.9. The summed E-state index contributed by atoms with van der Waals surface area (Å²) in [6.45, 7) is 1.88. The first kappa shape index (κ1) is 14.7. The third-order valence-electron chi connectivity index (χ3n) is 2.80. The van der Waals surface area contributed by atoms with E-state index in [2.05, 4.69) is 15.2 Å². The highest BCUT2D eigenvalue weighted by Crippen LogP contribution is 2.11. The van der Waals surface area contributed by atoms with Gasteiger partial charge in [0.2, 0.25) is 0 Å². The Morgan fingerprint density at radius 2 is 1.95 bits per heavy atom. The Kier molecular flexibility index (Phi) is 5.41. The molecule has 0 aliphatic rings. The second-order valence-electron chi connectivity index (χ2n) is 4.30. The summed E-state index contributed by atoms with van der Waals surface area (Å²) in [7, 11) is 1.65. The Bertz CT molecular complexity index is 643. The molecule has 2 rings (SSSR count). The van der Waals surface area contributed by atoms with Gasteiger partial charge >= 0.3 is 0 Å². The van der Waals surface area contributed by atoms with E-state index in [1.165, 1.54) is 0 Å². The summed E-state index contributed by atoms with van der Waals surface area (Å²) >= 11 is 0. The molecule has 0 unspecified atom stereocenters. The van der Waals surface area contributed by atoms with Crippen LogP contribution >= 0.6 is 0 Å². The number of rotatable bonds is 5. The Balaban J connectivity index is 1.94. The molecule has 0 aliphatic carbocycles. The molecule has 21 heavy (non-hydrogen) atoms. The number of ether oxygens (including phenoxy) is 1. The van der Waals surface area contributed by atoms with Gasteiger partial charge in [0.15, 0.2) is 0 Å². The number of hydrogen-bond acceptors (Lipinski definition) is 4. The quantitative estimate of drug-likeness (QED) is 0.620. The number of nitrogens with zero attached hydrogens (tertiary/aromatic N) is 3. The van der Waals surface area contributed by atoms with Crippen LogP contribution < -0.4 is 4.74 Å². The maximum atomic E-state index is 5.11. The van der Waals surface area contributed by atoms with E-state index in [1.807, 2.05) is 61.5 Å². The van der Waals surface area contributed by atoms with E-state index in [-0.39, 0.29) is 0 Å². The van der Waals surface area contributed by atoms with Gasteiger partial charge < -0.3 is 4.74 Å². The average Bonchev–Trinajstić information content (AvgIpc) is 2.55. The van der Waals surface area contributed by atoms with Crippen molar-refractivity contribution in [3.8, 4) is 5.75 Å². The molecule has 1 aromatic carbocycles. The highest BCUT2D eigenvalue weighted by Gasteiger charge is 1.95. The van der Waals surface area contributed by atoms with E-state index in [0.717, 1.165) is 22.7 Å². The van der Waals surface area contributed by atoms with Crippen LogP contribution in [0.3, 0.4) is 0 Å². The highest BCUT2D eigenvalue weighted by molar-refractivity contribution is 5.97. The molecular formula is C17H17N3O. The lowest BCUT2D eigenvalue weighted by Gasteiger charge is -1.98. The van der Waals surface area contributed by atoms with Gasteiger partial charge in [0.05, 0.1) is 18.5 Å². The summed E-state index contributed by atoms with van der Waals surface area (Å²) in [5.41, 5.74) is 2.69. The molecule has 0 saturated carbocycles. The average molecular weight is 279 g/mol. The van der Waals surface area contributed by atoms with Crippen LogP contribution in [0.4, 0.5) is 0 Å². The maximum absolute atomic E-state index is 5.11. The monoisotopic (exact) mass is 279 g/mol. The zero-order valence-corrected chi connectivity index (χ0v) is 12.1. The molecule has 0 spiro atoms. The molecule has 4 heteroatoms. The zero-order valence-electron chi connectivity index (χ0n) is 12.1. The molecule has 0 N–H and O–H groups in total. The lowest BCUT2D eigenvalue weighted by Crippen LogP contribution is -1.96. The van der Waals surface area contributed by atoms with Crippen molar-refractivity contribution in [2.24, 2.45) is 10.2 Å². The van der Waals surface area contributed by atoms with Gasteiger partial charge in [-0.15, -0.1) is 0 Å². The number of aromatic nitrogens is 1. The Labute approximate surface area is 124 Å². The third kappa shape index (κ3) is 4.69. The van der Waals surface area contributed by atoms with Gasteiger partial charge in [0, 0.05) is 12.4 Å². The molecule has 1 heterocycles. The van der Waals surface area contributed by atoms with Crippen LogP contribution in [0.5, 0.6) is 5.75 Å². The number of pyridine rings is 1. The number of benzene rings is 1.